The van der Waals surface area contributed by atoms with Gasteiger partial charge in [-0.15, -0.1) is 34.2 Å². The molecule has 0 spiro atoms. The highest BCUT2D eigenvalue weighted by Crippen LogP contribution is 2.02. The van der Waals surface area contributed by atoms with E-state index in [1.807, 2.05) is 28.8 Å². The zero-order chi connectivity index (χ0) is 13.7. The van der Waals surface area contributed by atoms with Crippen molar-refractivity contribution in [3.05, 3.63) is 30.2 Å². The predicted octanol–water partition coefficient (Wildman–Crippen LogP) is 1.81. The van der Waals surface area contributed by atoms with Crippen LogP contribution in [0.5, 0.6) is 0 Å². The van der Waals surface area contributed by atoms with E-state index in [1.165, 1.54) is 0 Å². The second-order valence-electron chi connectivity index (χ2n) is 4.42. The second kappa shape index (κ2) is 8.03. The van der Waals surface area contributed by atoms with E-state index < -0.39 is 0 Å². The van der Waals surface area contributed by atoms with E-state index in [1.54, 1.807) is 7.05 Å². The van der Waals surface area contributed by atoms with E-state index in [9.17, 15) is 0 Å². The van der Waals surface area contributed by atoms with E-state index in [0.29, 0.717) is 12.6 Å². The standard InChI is InChI=1S/C13H20N6.HI/c1-4-10(2)16-13(14-3)15-9-12-18-17-11-7-5-6-8-19(11)12;/h5-8,10H,4,9H2,1-3H3,(H2,14,15,16);1H. The lowest BCUT2D eigenvalue weighted by atomic mass is 10.3. The Kier molecular flexibility index (Phi) is 6.69. The number of halogens is 1. The Morgan fingerprint density at radius 3 is 2.90 bits per heavy atom. The molecule has 0 amide bonds. The number of rotatable bonds is 4. The number of nitrogens with one attached hydrogen (secondary N) is 2. The summed E-state index contributed by atoms with van der Waals surface area (Å²) in [5.41, 5.74) is 0.851. The molecule has 0 aliphatic heterocycles. The highest BCUT2D eigenvalue weighted by molar-refractivity contribution is 14.0. The number of hydrogen-bond donors (Lipinski definition) is 2. The van der Waals surface area contributed by atoms with Crippen molar-refractivity contribution >= 4 is 35.6 Å². The van der Waals surface area contributed by atoms with Gasteiger partial charge in [0.05, 0.1) is 6.54 Å². The summed E-state index contributed by atoms with van der Waals surface area (Å²) in [6.07, 6.45) is 3.01. The van der Waals surface area contributed by atoms with Gasteiger partial charge in [0, 0.05) is 19.3 Å². The largest absolute Gasteiger partial charge is 0.354 e. The van der Waals surface area contributed by atoms with E-state index >= 15 is 0 Å². The monoisotopic (exact) mass is 388 g/mol. The fraction of sp³-hybridized carbons (Fsp3) is 0.462. The van der Waals surface area contributed by atoms with Crippen LogP contribution in [0.1, 0.15) is 26.1 Å². The molecule has 6 nitrogen and oxygen atoms in total. The molecule has 7 heteroatoms. The molecule has 2 rings (SSSR count). The van der Waals surface area contributed by atoms with Crippen LogP contribution in [0.15, 0.2) is 29.4 Å². The zero-order valence-corrected chi connectivity index (χ0v) is 14.3. The van der Waals surface area contributed by atoms with Crippen molar-refractivity contribution in [2.75, 3.05) is 7.05 Å². The first-order valence-corrected chi connectivity index (χ1v) is 6.50. The molecule has 2 heterocycles. The average Bonchev–Trinajstić information content (AvgIpc) is 2.86. The molecule has 2 aromatic heterocycles. The van der Waals surface area contributed by atoms with E-state index in [-0.39, 0.29) is 24.0 Å². The molecule has 2 N–H and O–H groups in total. The minimum absolute atomic E-state index is 0. The van der Waals surface area contributed by atoms with Crippen molar-refractivity contribution in [3.8, 4) is 0 Å². The first-order valence-electron chi connectivity index (χ1n) is 6.50. The van der Waals surface area contributed by atoms with Crippen molar-refractivity contribution < 1.29 is 0 Å². The van der Waals surface area contributed by atoms with Crippen LogP contribution in [0.25, 0.3) is 5.65 Å². The summed E-state index contributed by atoms with van der Waals surface area (Å²) in [7, 11) is 1.76. The number of aliphatic imine (C=N–C) groups is 1. The number of fused-ring (bicyclic) bond motifs is 1. The maximum absolute atomic E-state index is 4.19. The van der Waals surface area contributed by atoms with Crippen molar-refractivity contribution in [2.24, 2.45) is 4.99 Å². The summed E-state index contributed by atoms with van der Waals surface area (Å²) in [5.74, 6) is 1.64. The Morgan fingerprint density at radius 2 is 2.20 bits per heavy atom. The third-order valence-corrected chi connectivity index (χ3v) is 3.02. The number of pyridine rings is 1. The molecule has 0 aliphatic carbocycles. The molecule has 2 aromatic rings. The molecule has 1 atom stereocenters. The van der Waals surface area contributed by atoms with Gasteiger partial charge in [0.2, 0.25) is 0 Å². The molecule has 1 unspecified atom stereocenters. The van der Waals surface area contributed by atoms with E-state index in [2.05, 4.69) is 39.7 Å². The third kappa shape index (κ3) is 4.06. The van der Waals surface area contributed by atoms with Crippen molar-refractivity contribution in [1.82, 2.24) is 25.2 Å². The Balaban J connectivity index is 0.00000200. The summed E-state index contributed by atoms with van der Waals surface area (Å²) in [6, 6.07) is 6.24. The van der Waals surface area contributed by atoms with Gasteiger partial charge in [-0.3, -0.25) is 9.39 Å². The van der Waals surface area contributed by atoms with Crippen LogP contribution in [-0.4, -0.2) is 33.6 Å². The fourth-order valence-electron chi connectivity index (χ4n) is 1.70. The highest BCUT2D eigenvalue weighted by atomic mass is 127. The maximum Gasteiger partial charge on any atom is 0.191 e. The first-order chi connectivity index (χ1) is 9.24. The van der Waals surface area contributed by atoms with Crippen LogP contribution in [0.2, 0.25) is 0 Å². The summed E-state index contributed by atoms with van der Waals surface area (Å²) in [5, 5.41) is 14.8. The molecule has 0 saturated carbocycles. The van der Waals surface area contributed by atoms with Gasteiger partial charge in [0.15, 0.2) is 17.4 Å². The lowest BCUT2D eigenvalue weighted by Gasteiger charge is -2.15. The van der Waals surface area contributed by atoms with Gasteiger partial charge < -0.3 is 10.6 Å². The van der Waals surface area contributed by atoms with Crippen LogP contribution < -0.4 is 10.6 Å². The van der Waals surface area contributed by atoms with Gasteiger partial charge in [0.25, 0.3) is 0 Å². The summed E-state index contributed by atoms with van der Waals surface area (Å²) in [6.45, 7) is 4.84. The van der Waals surface area contributed by atoms with Crippen LogP contribution >= 0.6 is 24.0 Å². The average molecular weight is 388 g/mol. The minimum Gasteiger partial charge on any atom is -0.354 e. The van der Waals surface area contributed by atoms with Gasteiger partial charge in [-0.05, 0) is 25.5 Å². The summed E-state index contributed by atoms with van der Waals surface area (Å²) >= 11 is 0. The van der Waals surface area contributed by atoms with Gasteiger partial charge in [-0.2, -0.15) is 0 Å². The second-order valence-corrected chi connectivity index (χ2v) is 4.42. The molecule has 0 radical (unpaired) electrons. The molecule has 110 valence electrons. The minimum atomic E-state index is 0. The van der Waals surface area contributed by atoms with Crippen LogP contribution in [0.4, 0.5) is 0 Å². The van der Waals surface area contributed by atoms with E-state index in [0.717, 1.165) is 23.9 Å². The number of aromatic nitrogens is 3. The van der Waals surface area contributed by atoms with Crippen molar-refractivity contribution in [2.45, 2.75) is 32.9 Å². The van der Waals surface area contributed by atoms with Crippen molar-refractivity contribution in [1.29, 1.82) is 0 Å². The number of guanidine groups is 1. The maximum atomic E-state index is 4.19. The molecule has 0 fully saturated rings. The smallest absolute Gasteiger partial charge is 0.191 e. The number of nitrogens with zero attached hydrogens (tertiary/aromatic N) is 4. The first kappa shape index (κ1) is 16.7. The molecule has 0 aliphatic rings. The van der Waals surface area contributed by atoms with Gasteiger partial charge in [0.1, 0.15) is 0 Å². The summed E-state index contributed by atoms with van der Waals surface area (Å²) < 4.78 is 1.96. The topological polar surface area (TPSA) is 66.6 Å². The molecular weight excluding hydrogens is 367 g/mol. The molecule has 20 heavy (non-hydrogen) atoms. The zero-order valence-electron chi connectivity index (χ0n) is 12.0. The van der Waals surface area contributed by atoms with Gasteiger partial charge >= 0.3 is 0 Å². The lowest BCUT2D eigenvalue weighted by molar-refractivity contribution is 0.621. The Morgan fingerprint density at radius 1 is 1.40 bits per heavy atom. The SMILES string of the molecule is CCC(C)NC(=NC)NCc1nnc2ccccn12.I. The van der Waals surface area contributed by atoms with Crippen molar-refractivity contribution in [3.63, 3.8) is 0 Å². The Hall–Kier alpha value is -1.38. The van der Waals surface area contributed by atoms with Gasteiger partial charge in [-0.1, -0.05) is 13.0 Å². The molecule has 0 bridgehead atoms. The Bertz CT molecular complexity index is 565. The molecule has 0 saturated heterocycles. The lowest BCUT2D eigenvalue weighted by Crippen LogP contribution is -2.41. The van der Waals surface area contributed by atoms with Gasteiger partial charge in [-0.25, -0.2) is 0 Å². The quantitative estimate of drug-likeness (QED) is 0.477. The third-order valence-electron chi connectivity index (χ3n) is 3.02. The van der Waals surface area contributed by atoms with Crippen LogP contribution in [0, 0.1) is 0 Å². The fourth-order valence-corrected chi connectivity index (χ4v) is 1.70. The van der Waals surface area contributed by atoms with Crippen LogP contribution in [-0.2, 0) is 6.54 Å². The predicted molar refractivity (Wildman–Crippen MR) is 91.5 cm³/mol. The Labute approximate surface area is 136 Å². The number of hydrogen-bond acceptors (Lipinski definition) is 3. The molecule has 0 aromatic carbocycles. The summed E-state index contributed by atoms with van der Waals surface area (Å²) in [4.78, 5) is 4.19. The van der Waals surface area contributed by atoms with E-state index in [4.69, 9.17) is 0 Å². The highest BCUT2D eigenvalue weighted by Gasteiger charge is 2.06. The normalized spacial score (nSPS) is 12.8. The molecular formula is C13H21IN6. The van der Waals surface area contributed by atoms with Crippen LogP contribution in [0.3, 0.4) is 0 Å².